The summed E-state index contributed by atoms with van der Waals surface area (Å²) < 4.78 is 0. The molecule has 0 amide bonds. The molecule has 84 valence electrons. The molecule has 1 aromatic heterocycles. The summed E-state index contributed by atoms with van der Waals surface area (Å²) in [7, 11) is 0. The average Bonchev–Trinajstić information content (AvgIpc) is 2.49. The lowest BCUT2D eigenvalue weighted by Gasteiger charge is -2.11. The van der Waals surface area contributed by atoms with Crippen LogP contribution in [0.5, 0.6) is 0 Å². The molecule has 2 N–H and O–H groups in total. The van der Waals surface area contributed by atoms with Crippen molar-refractivity contribution >= 4 is 11.3 Å². The maximum atomic E-state index is 6.37. The van der Waals surface area contributed by atoms with Crippen molar-refractivity contribution in [2.24, 2.45) is 22.5 Å². The maximum Gasteiger partial charge on any atom is 0.0342 e. The molecule has 0 spiro atoms. The van der Waals surface area contributed by atoms with Gasteiger partial charge in [-0.15, -0.1) is 11.3 Å². The van der Waals surface area contributed by atoms with Gasteiger partial charge in [0.15, 0.2) is 0 Å². The molecule has 1 unspecified atom stereocenters. The highest BCUT2D eigenvalue weighted by atomic mass is 32.1. The van der Waals surface area contributed by atoms with Crippen molar-refractivity contribution in [1.29, 1.82) is 0 Å². The lowest BCUT2D eigenvalue weighted by atomic mass is 10.00. The Morgan fingerprint density at radius 1 is 1.27 bits per heavy atom. The van der Waals surface area contributed by atoms with Crippen molar-refractivity contribution in [2.45, 2.75) is 40.7 Å². The molecule has 1 saturated carbocycles. The summed E-state index contributed by atoms with van der Waals surface area (Å²) in [4.78, 5) is 1.36. The fourth-order valence-corrected chi connectivity index (χ4v) is 3.73. The molecule has 1 atom stereocenters. The van der Waals surface area contributed by atoms with E-state index in [4.69, 9.17) is 5.73 Å². The van der Waals surface area contributed by atoms with Crippen LogP contribution in [-0.4, -0.2) is 0 Å². The monoisotopic (exact) mass is 223 g/mol. The molecule has 15 heavy (non-hydrogen) atoms. The zero-order chi connectivity index (χ0) is 11.4. The van der Waals surface area contributed by atoms with Crippen molar-refractivity contribution in [3.05, 3.63) is 21.9 Å². The zero-order valence-electron chi connectivity index (χ0n) is 10.3. The van der Waals surface area contributed by atoms with Crippen molar-refractivity contribution in [3.8, 4) is 0 Å². The van der Waals surface area contributed by atoms with E-state index in [2.05, 4.69) is 46.1 Å². The first kappa shape index (κ1) is 11.2. The highest BCUT2D eigenvalue weighted by Gasteiger charge is 2.66. The Morgan fingerprint density at radius 3 is 2.13 bits per heavy atom. The third kappa shape index (κ3) is 1.46. The predicted octanol–water partition coefficient (Wildman–Crippen LogP) is 3.74. The van der Waals surface area contributed by atoms with Gasteiger partial charge in [0.05, 0.1) is 0 Å². The van der Waals surface area contributed by atoms with Crippen molar-refractivity contribution in [1.82, 2.24) is 0 Å². The number of hydrogen-bond acceptors (Lipinski definition) is 2. The molecule has 2 heteroatoms. The van der Waals surface area contributed by atoms with Crippen molar-refractivity contribution in [2.75, 3.05) is 0 Å². The molecule has 1 aliphatic rings. The van der Waals surface area contributed by atoms with Gasteiger partial charge in [-0.1, -0.05) is 27.7 Å². The fraction of sp³-hybridized carbons (Fsp3) is 0.692. The van der Waals surface area contributed by atoms with Gasteiger partial charge in [-0.2, -0.15) is 0 Å². The number of nitrogens with two attached hydrogens (primary N) is 1. The summed E-state index contributed by atoms with van der Waals surface area (Å²) in [6, 6.07) is 2.44. The summed E-state index contributed by atoms with van der Waals surface area (Å²) in [5, 5.41) is 2.21. The van der Waals surface area contributed by atoms with E-state index in [-0.39, 0.29) is 6.04 Å². The van der Waals surface area contributed by atoms with Crippen LogP contribution in [0.3, 0.4) is 0 Å². The van der Waals surface area contributed by atoms with E-state index in [1.807, 2.05) is 0 Å². The maximum absolute atomic E-state index is 6.37. The molecule has 1 fully saturated rings. The first-order valence-corrected chi connectivity index (χ1v) is 6.47. The lowest BCUT2D eigenvalue weighted by molar-refractivity contribution is 0.457. The van der Waals surface area contributed by atoms with Gasteiger partial charge in [0.1, 0.15) is 0 Å². The predicted molar refractivity (Wildman–Crippen MR) is 67.0 cm³/mol. The number of thiophene rings is 1. The fourth-order valence-electron chi connectivity index (χ4n) is 2.98. The van der Waals surface area contributed by atoms with Gasteiger partial charge >= 0.3 is 0 Å². The van der Waals surface area contributed by atoms with E-state index in [1.165, 1.54) is 10.4 Å². The van der Waals surface area contributed by atoms with Crippen LogP contribution in [-0.2, 0) is 0 Å². The normalized spacial score (nSPS) is 25.2. The summed E-state index contributed by atoms with van der Waals surface area (Å²) in [5.41, 5.74) is 8.45. The van der Waals surface area contributed by atoms with Crippen LogP contribution in [0.15, 0.2) is 11.4 Å². The molecule has 1 aromatic rings. The molecule has 0 aliphatic heterocycles. The van der Waals surface area contributed by atoms with Crippen molar-refractivity contribution in [3.63, 3.8) is 0 Å². The van der Waals surface area contributed by atoms with Gasteiger partial charge < -0.3 is 5.73 Å². The number of rotatable bonds is 2. The average molecular weight is 223 g/mol. The minimum Gasteiger partial charge on any atom is -0.324 e. The Morgan fingerprint density at radius 2 is 1.80 bits per heavy atom. The lowest BCUT2D eigenvalue weighted by Crippen LogP contribution is -2.15. The Labute approximate surface area is 96.7 Å². The first-order chi connectivity index (χ1) is 6.78. The standard InChI is InChI=1S/C13H21NS/c1-8-6-9(7-15-8)10(14)11-12(2,3)13(11,4)5/h6-7,10-11H,14H2,1-5H3. The zero-order valence-corrected chi connectivity index (χ0v) is 11.1. The van der Waals surface area contributed by atoms with Crippen LogP contribution in [0.1, 0.15) is 44.2 Å². The molecular formula is C13H21NS. The van der Waals surface area contributed by atoms with Crippen LogP contribution in [0.2, 0.25) is 0 Å². The van der Waals surface area contributed by atoms with Gasteiger partial charge in [0.2, 0.25) is 0 Å². The second-order valence-corrected chi connectivity index (χ2v) is 7.05. The number of hydrogen-bond donors (Lipinski definition) is 1. The molecule has 1 nitrogen and oxygen atoms in total. The Bertz CT molecular complexity index is 362. The molecule has 0 bridgehead atoms. The molecule has 0 aromatic carbocycles. The third-order valence-electron chi connectivity index (χ3n) is 4.63. The minimum atomic E-state index is 0.208. The van der Waals surface area contributed by atoms with Crippen LogP contribution < -0.4 is 5.73 Å². The topological polar surface area (TPSA) is 26.0 Å². The van der Waals surface area contributed by atoms with Gasteiger partial charge in [-0.25, -0.2) is 0 Å². The quantitative estimate of drug-likeness (QED) is 0.812. The highest BCUT2D eigenvalue weighted by molar-refractivity contribution is 7.10. The van der Waals surface area contributed by atoms with E-state index < -0.39 is 0 Å². The van der Waals surface area contributed by atoms with Crippen molar-refractivity contribution < 1.29 is 0 Å². The van der Waals surface area contributed by atoms with Gasteiger partial charge in [-0.3, -0.25) is 0 Å². The van der Waals surface area contributed by atoms with Crippen LogP contribution >= 0.6 is 11.3 Å². The number of aryl methyl sites for hydroxylation is 1. The molecular weight excluding hydrogens is 202 g/mol. The van der Waals surface area contributed by atoms with E-state index in [0.29, 0.717) is 16.7 Å². The summed E-state index contributed by atoms with van der Waals surface area (Å²) in [6.45, 7) is 11.5. The Kier molecular flexibility index (Phi) is 2.29. The van der Waals surface area contributed by atoms with Gasteiger partial charge in [0, 0.05) is 10.9 Å². The van der Waals surface area contributed by atoms with E-state index >= 15 is 0 Å². The Balaban J connectivity index is 2.21. The van der Waals surface area contributed by atoms with E-state index in [9.17, 15) is 0 Å². The third-order valence-corrected chi connectivity index (χ3v) is 5.51. The molecule has 0 radical (unpaired) electrons. The highest BCUT2D eigenvalue weighted by Crippen LogP contribution is 2.71. The first-order valence-electron chi connectivity index (χ1n) is 5.59. The van der Waals surface area contributed by atoms with E-state index in [0.717, 1.165) is 0 Å². The van der Waals surface area contributed by atoms with Gasteiger partial charge in [0.25, 0.3) is 0 Å². The Hall–Kier alpha value is -0.340. The van der Waals surface area contributed by atoms with Crippen LogP contribution in [0, 0.1) is 23.7 Å². The molecule has 0 saturated heterocycles. The van der Waals surface area contributed by atoms with Gasteiger partial charge in [-0.05, 0) is 40.7 Å². The summed E-state index contributed by atoms with van der Waals surface area (Å²) >= 11 is 1.80. The summed E-state index contributed by atoms with van der Waals surface area (Å²) in [5.74, 6) is 0.610. The molecule has 2 rings (SSSR count). The second-order valence-electron chi connectivity index (χ2n) is 5.94. The smallest absolute Gasteiger partial charge is 0.0342 e. The second kappa shape index (κ2) is 3.08. The molecule has 1 aliphatic carbocycles. The molecule has 1 heterocycles. The van der Waals surface area contributed by atoms with Crippen LogP contribution in [0.4, 0.5) is 0 Å². The van der Waals surface area contributed by atoms with Crippen LogP contribution in [0.25, 0.3) is 0 Å². The minimum absolute atomic E-state index is 0.208. The SMILES string of the molecule is Cc1cc(C(N)C2C(C)(C)C2(C)C)cs1. The van der Waals surface area contributed by atoms with E-state index in [1.54, 1.807) is 11.3 Å². The largest absolute Gasteiger partial charge is 0.324 e. The summed E-state index contributed by atoms with van der Waals surface area (Å²) in [6.07, 6.45) is 0.